The molecule has 0 radical (unpaired) electrons. The van der Waals surface area contributed by atoms with E-state index in [9.17, 15) is 4.79 Å². The van der Waals surface area contributed by atoms with E-state index < -0.39 is 0 Å². The average Bonchev–Trinajstić information content (AvgIpc) is 2.91. The summed E-state index contributed by atoms with van der Waals surface area (Å²) >= 11 is 0. The van der Waals surface area contributed by atoms with Gasteiger partial charge < -0.3 is 16.0 Å². The number of para-hydroxylation sites is 1. The number of amides is 1. The minimum atomic E-state index is 0.0447. The van der Waals surface area contributed by atoms with Crippen molar-refractivity contribution in [3.05, 3.63) is 29.8 Å². The van der Waals surface area contributed by atoms with Crippen molar-refractivity contribution in [2.75, 3.05) is 25.5 Å². The third-order valence-corrected chi connectivity index (χ3v) is 3.35. The van der Waals surface area contributed by atoms with Crippen molar-refractivity contribution in [2.24, 2.45) is 0 Å². The summed E-state index contributed by atoms with van der Waals surface area (Å²) in [6, 6.07) is 8.56. The van der Waals surface area contributed by atoms with Crippen LogP contribution in [0.25, 0.3) is 0 Å². The highest BCUT2D eigenvalue weighted by atomic mass is 16.1. The molecule has 0 aliphatic carbocycles. The Bertz CT molecular complexity index is 400. The topological polar surface area (TPSA) is 53.2 Å². The van der Waals surface area contributed by atoms with E-state index in [0.29, 0.717) is 12.5 Å². The molecule has 1 aliphatic rings. The molecule has 0 saturated carbocycles. The molecule has 18 heavy (non-hydrogen) atoms. The monoisotopic (exact) mass is 247 g/mol. The van der Waals surface area contributed by atoms with Crippen LogP contribution in [-0.2, 0) is 11.2 Å². The van der Waals surface area contributed by atoms with Crippen LogP contribution in [0.5, 0.6) is 0 Å². The van der Waals surface area contributed by atoms with Gasteiger partial charge in [0.2, 0.25) is 5.91 Å². The molecule has 1 amide bonds. The van der Waals surface area contributed by atoms with Crippen LogP contribution in [-0.4, -0.2) is 32.1 Å². The van der Waals surface area contributed by atoms with Crippen molar-refractivity contribution in [3.63, 3.8) is 0 Å². The lowest BCUT2D eigenvalue weighted by Crippen LogP contribution is -2.29. The van der Waals surface area contributed by atoms with Gasteiger partial charge in [0, 0.05) is 25.3 Å². The van der Waals surface area contributed by atoms with E-state index in [1.807, 2.05) is 24.3 Å². The average molecular weight is 247 g/mol. The number of hydrogen-bond donors (Lipinski definition) is 3. The van der Waals surface area contributed by atoms with Gasteiger partial charge in [-0.2, -0.15) is 0 Å². The molecule has 1 heterocycles. The molecule has 1 aromatic rings. The molecule has 1 fully saturated rings. The quantitative estimate of drug-likeness (QED) is 0.731. The molecule has 1 saturated heterocycles. The van der Waals surface area contributed by atoms with Gasteiger partial charge in [-0.15, -0.1) is 0 Å². The van der Waals surface area contributed by atoms with E-state index in [0.717, 1.165) is 24.3 Å². The van der Waals surface area contributed by atoms with Gasteiger partial charge >= 0.3 is 0 Å². The normalized spacial score (nSPS) is 18.6. The summed E-state index contributed by atoms with van der Waals surface area (Å²) in [5, 5.41) is 9.56. The summed E-state index contributed by atoms with van der Waals surface area (Å²) in [6.45, 7) is 2.04. The number of benzene rings is 1. The van der Waals surface area contributed by atoms with Gasteiger partial charge in [0.15, 0.2) is 0 Å². The van der Waals surface area contributed by atoms with Gasteiger partial charge in [0.1, 0.15) is 0 Å². The lowest BCUT2D eigenvalue weighted by molar-refractivity contribution is -0.119. The fourth-order valence-electron chi connectivity index (χ4n) is 2.27. The SMILES string of the molecule is CNC(=O)Cc1ccccc1NCC1CCCN1. The molecule has 4 heteroatoms. The summed E-state index contributed by atoms with van der Waals surface area (Å²) in [5.74, 6) is 0.0447. The van der Waals surface area contributed by atoms with Gasteiger partial charge in [-0.25, -0.2) is 0 Å². The lowest BCUT2D eigenvalue weighted by Gasteiger charge is -2.15. The molecule has 2 rings (SSSR count). The number of likely N-dealkylation sites (N-methyl/N-ethyl adjacent to an activating group) is 1. The Balaban J connectivity index is 1.95. The minimum Gasteiger partial charge on any atom is -0.383 e. The summed E-state index contributed by atoms with van der Waals surface area (Å²) in [5.41, 5.74) is 2.12. The summed E-state index contributed by atoms with van der Waals surface area (Å²) in [4.78, 5) is 11.4. The van der Waals surface area contributed by atoms with Crippen LogP contribution in [0.1, 0.15) is 18.4 Å². The molecule has 1 atom stereocenters. The van der Waals surface area contributed by atoms with E-state index in [2.05, 4.69) is 16.0 Å². The molecule has 98 valence electrons. The molecule has 1 aliphatic heterocycles. The maximum atomic E-state index is 11.4. The Morgan fingerprint density at radius 1 is 1.44 bits per heavy atom. The summed E-state index contributed by atoms with van der Waals surface area (Å²) in [7, 11) is 1.67. The van der Waals surface area contributed by atoms with E-state index in [4.69, 9.17) is 0 Å². The second kappa shape index (κ2) is 6.40. The second-order valence-corrected chi connectivity index (χ2v) is 4.68. The smallest absolute Gasteiger partial charge is 0.224 e. The Labute approximate surface area is 108 Å². The fourth-order valence-corrected chi connectivity index (χ4v) is 2.27. The van der Waals surface area contributed by atoms with Crippen LogP contribution >= 0.6 is 0 Å². The predicted molar refractivity (Wildman–Crippen MR) is 73.7 cm³/mol. The van der Waals surface area contributed by atoms with Crippen molar-refractivity contribution in [3.8, 4) is 0 Å². The number of carbonyl (C=O) groups excluding carboxylic acids is 1. The van der Waals surface area contributed by atoms with E-state index in [-0.39, 0.29) is 5.91 Å². The van der Waals surface area contributed by atoms with Crippen LogP contribution in [0.2, 0.25) is 0 Å². The van der Waals surface area contributed by atoms with Crippen molar-refractivity contribution in [2.45, 2.75) is 25.3 Å². The number of anilines is 1. The van der Waals surface area contributed by atoms with Crippen LogP contribution in [0.3, 0.4) is 0 Å². The molecule has 0 spiro atoms. The third kappa shape index (κ3) is 3.47. The number of hydrogen-bond acceptors (Lipinski definition) is 3. The Morgan fingerprint density at radius 2 is 2.28 bits per heavy atom. The highest BCUT2D eigenvalue weighted by Crippen LogP contribution is 2.16. The second-order valence-electron chi connectivity index (χ2n) is 4.68. The number of nitrogens with one attached hydrogen (secondary N) is 3. The van der Waals surface area contributed by atoms with Crippen molar-refractivity contribution < 1.29 is 4.79 Å². The Hall–Kier alpha value is -1.55. The van der Waals surface area contributed by atoms with Gasteiger partial charge in [0.05, 0.1) is 6.42 Å². The zero-order valence-electron chi connectivity index (χ0n) is 10.8. The maximum Gasteiger partial charge on any atom is 0.224 e. The van der Waals surface area contributed by atoms with Crippen LogP contribution in [0.15, 0.2) is 24.3 Å². The molecule has 1 unspecified atom stereocenters. The molecule has 0 aromatic heterocycles. The number of carbonyl (C=O) groups is 1. The van der Waals surface area contributed by atoms with Crippen molar-refractivity contribution in [1.82, 2.24) is 10.6 Å². The van der Waals surface area contributed by atoms with Crippen molar-refractivity contribution in [1.29, 1.82) is 0 Å². The Kier molecular flexibility index (Phi) is 4.59. The van der Waals surface area contributed by atoms with E-state index >= 15 is 0 Å². The van der Waals surface area contributed by atoms with Gasteiger partial charge in [0.25, 0.3) is 0 Å². The highest BCUT2D eigenvalue weighted by molar-refractivity contribution is 5.80. The van der Waals surface area contributed by atoms with Gasteiger partial charge in [-0.1, -0.05) is 18.2 Å². The lowest BCUT2D eigenvalue weighted by atomic mass is 10.1. The molecule has 3 N–H and O–H groups in total. The molecule has 0 bridgehead atoms. The standard InChI is InChI=1S/C14H21N3O/c1-15-14(18)9-11-5-2-3-7-13(11)17-10-12-6-4-8-16-12/h2-3,5,7,12,16-17H,4,6,8-10H2,1H3,(H,15,18). The summed E-state index contributed by atoms with van der Waals surface area (Å²) in [6.07, 6.45) is 2.91. The van der Waals surface area contributed by atoms with Gasteiger partial charge in [-0.05, 0) is 31.0 Å². The van der Waals surface area contributed by atoms with Crippen LogP contribution in [0.4, 0.5) is 5.69 Å². The zero-order valence-corrected chi connectivity index (χ0v) is 10.8. The Morgan fingerprint density at radius 3 is 3.00 bits per heavy atom. The van der Waals surface area contributed by atoms with Crippen LogP contribution in [0, 0.1) is 0 Å². The predicted octanol–water partition coefficient (Wildman–Crippen LogP) is 1.14. The van der Waals surface area contributed by atoms with Gasteiger partial charge in [-0.3, -0.25) is 4.79 Å². The highest BCUT2D eigenvalue weighted by Gasteiger charge is 2.14. The first-order chi connectivity index (χ1) is 8.79. The van der Waals surface area contributed by atoms with E-state index in [1.54, 1.807) is 7.05 Å². The van der Waals surface area contributed by atoms with Crippen molar-refractivity contribution >= 4 is 11.6 Å². The van der Waals surface area contributed by atoms with Crippen LogP contribution < -0.4 is 16.0 Å². The zero-order chi connectivity index (χ0) is 12.8. The molecule has 4 nitrogen and oxygen atoms in total. The third-order valence-electron chi connectivity index (χ3n) is 3.35. The maximum absolute atomic E-state index is 11.4. The first-order valence-corrected chi connectivity index (χ1v) is 6.55. The number of rotatable bonds is 5. The first kappa shape index (κ1) is 12.9. The first-order valence-electron chi connectivity index (χ1n) is 6.55. The largest absolute Gasteiger partial charge is 0.383 e. The molecular formula is C14H21N3O. The minimum absolute atomic E-state index is 0.0447. The molecule has 1 aromatic carbocycles. The van der Waals surface area contributed by atoms with E-state index in [1.165, 1.54) is 12.8 Å². The summed E-state index contributed by atoms with van der Waals surface area (Å²) < 4.78 is 0. The fraction of sp³-hybridized carbons (Fsp3) is 0.500. The molecular weight excluding hydrogens is 226 g/mol.